The number of hydrogen-bond donors (Lipinski definition) is 2. The van der Waals surface area contributed by atoms with E-state index in [1.807, 2.05) is 12.1 Å². The molecule has 8 heteroatoms. The first-order valence-corrected chi connectivity index (χ1v) is 9.07. The Bertz CT molecular complexity index is 918. The predicted molar refractivity (Wildman–Crippen MR) is 99.1 cm³/mol. The number of aromatic nitrogens is 3. The fourth-order valence-corrected chi connectivity index (χ4v) is 4.05. The summed E-state index contributed by atoms with van der Waals surface area (Å²) in [5.41, 5.74) is 3.08. The van der Waals surface area contributed by atoms with Crippen LogP contribution in [0.3, 0.4) is 0 Å². The molecule has 1 aliphatic heterocycles. The van der Waals surface area contributed by atoms with Crippen LogP contribution < -0.4 is 5.32 Å². The third kappa shape index (κ3) is 3.30. The molecule has 3 heterocycles. The number of H-pyrrole nitrogens is 1. The summed E-state index contributed by atoms with van der Waals surface area (Å²) in [5.74, 6) is -0.224. The molecule has 6 nitrogen and oxygen atoms in total. The molecule has 0 atom stereocenters. The Morgan fingerprint density at radius 3 is 2.96 bits per heavy atom. The number of likely N-dealkylation sites (N-methyl/N-ethyl adjacent to an activating group) is 1. The minimum Gasteiger partial charge on any atom is -0.301 e. The second-order valence-electron chi connectivity index (χ2n) is 6.00. The number of carbonyl (C=O) groups excluding carboxylic acids is 1. The first-order chi connectivity index (χ1) is 12.1. The first-order valence-electron chi connectivity index (χ1n) is 7.88. The summed E-state index contributed by atoms with van der Waals surface area (Å²) >= 11 is 7.46. The van der Waals surface area contributed by atoms with Crippen molar-refractivity contribution in [2.45, 2.75) is 13.0 Å². The van der Waals surface area contributed by atoms with Crippen LogP contribution in [-0.4, -0.2) is 39.6 Å². The van der Waals surface area contributed by atoms with Gasteiger partial charge in [0.15, 0.2) is 5.13 Å². The van der Waals surface area contributed by atoms with Crippen LogP contribution in [0.1, 0.15) is 20.9 Å². The number of carbonyl (C=O) groups is 1. The normalized spacial score (nSPS) is 14.3. The van der Waals surface area contributed by atoms with Gasteiger partial charge in [0.25, 0.3) is 5.91 Å². The lowest BCUT2D eigenvalue weighted by Crippen LogP contribution is -2.25. The molecule has 4 rings (SSSR count). The molecular weight excluding hydrogens is 358 g/mol. The minimum atomic E-state index is -0.224. The standard InChI is InChI=1S/C17H16ClN5OS/c1-23-7-6-13-14(9-23)25-17(20-13)21-16(24)12-8-19-22-15(12)10-2-4-11(18)5-3-10/h2-5,8H,6-7,9H2,1H3,(H,19,22)(H,20,21,24). The molecule has 1 amide bonds. The monoisotopic (exact) mass is 373 g/mol. The number of fused-ring (bicyclic) bond motifs is 1. The quantitative estimate of drug-likeness (QED) is 0.737. The number of aromatic amines is 1. The summed E-state index contributed by atoms with van der Waals surface area (Å²) in [5, 5.41) is 11.1. The van der Waals surface area contributed by atoms with E-state index in [1.165, 1.54) is 22.4 Å². The second kappa shape index (κ2) is 6.59. The van der Waals surface area contributed by atoms with Crippen LogP contribution in [0.15, 0.2) is 30.5 Å². The number of anilines is 1. The highest BCUT2D eigenvalue weighted by molar-refractivity contribution is 7.15. The smallest absolute Gasteiger partial charge is 0.261 e. The van der Waals surface area contributed by atoms with E-state index in [9.17, 15) is 4.79 Å². The number of benzene rings is 1. The number of hydrogen-bond acceptors (Lipinski definition) is 5. The molecule has 1 aliphatic rings. The molecule has 0 saturated carbocycles. The van der Waals surface area contributed by atoms with Crippen LogP contribution in [0, 0.1) is 0 Å². The Morgan fingerprint density at radius 2 is 2.16 bits per heavy atom. The second-order valence-corrected chi connectivity index (χ2v) is 7.52. The molecule has 0 fully saturated rings. The summed E-state index contributed by atoms with van der Waals surface area (Å²) in [6, 6.07) is 7.27. The number of halogens is 1. The molecule has 0 radical (unpaired) electrons. The van der Waals surface area contributed by atoms with E-state index in [4.69, 9.17) is 11.6 Å². The van der Waals surface area contributed by atoms with Crippen molar-refractivity contribution in [3.05, 3.63) is 51.6 Å². The van der Waals surface area contributed by atoms with Crippen molar-refractivity contribution in [3.8, 4) is 11.3 Å². The molecule has 128 valence electrons. The van der Waals surface area contributed by atoms with Gasteiger partial charge in [0.2, 0.25) is 0 Å². The van der Waals surface area contributed by atoms with E-state index in [2.05, 4.69) is 32.4 Å². The van der Waals surface area contributed by atoms with Crippen molar-refractivity contribution in [3.63, 3.8) is 0 Å². The molecule has 2 aromatic heterocycles. The van der Waals surface area contributed by atoms with Gasteiger partial charge >= 0.3 is 0 Å². The molecule has 0 unspecified atom stereocenters. The maximum Gasteiger partial charge on any atom is 0.261 e. The Morgan fingerprint density at radius 1 is 1.36 bits per heavy atom. The zero-order valence-corrected chi connectivity index (χ0v) is 15.1. The summed E-state index contributed by atoms with van der Waals surface area (Å²) in [6.45, 7) is 1.87. The highest BCUT2D eigenvalue weighted by atomic mass is 35.5. The van der Waals surface area contributed by atoms with Gasteiger partial charge in [-0.2, -0.15) is 5.10 Å². The van der Waals surface area contributed by atoms with Gasteiger partial charge in [-0.05, 0) is 19.2 Å². The van der Waals surface area contributed by atoms with Gasteiger partial charge in [-0.15, -0.1) is 11.3 Å². The Hall–Kier alpha value is -2.22. The van der Waals surface area contributed by atoms with E-state index in [-0.39, 0.29) is 5.91 Å². The van der Waals surface area contributed by atoms with Gasteiger partial charge in [0, 0.05) is 35.0 Å². The largest absolute Gasteiger partial charge is 0.301 e. The van der Waals surface area contributed by atoms with Crippen LogP contribution in [0.25, 0.3) is 11.3 Å². The molecule has 3 aromatic rings. The Labute approximate surface area is 153 Å². The van der Waals surface area contributed by atoms with Gasteiger partial charge in [0.05, 0.1) is 23.1 Å². The number of thiazole rings is 1. The lowest BCUT2D eigenvalue weighted by atomic mass is 10.1. The van der Waals surface area contributed by atoms with Gasteiger partial charge in [-0.25, -0.2) is 4.98 Å². The highest BCUT2D eigenvalue weighted by Gasteiger charge is 2.21. The summed E-state index contributed by atoms with van der Waals surface area (Å²) < 4.78 is 0. The zero-order valence-electron chi connectivity index (χ0n) is 13.5. The van der Waals surface area contributed by atoms with E-state index >= 15 is 0 Å². The summed E-state index contributed by atoms with van der Waals surface area (Å²) in [7, 11) is 2.09. The SMILES string of the molecule is CN1CCc2nc(NC(=O)c3cn[nH]c3-c3ccc(Cl)cc3)sc2C1. The van der Waals surface area contributed by atoms with E-state index in [0.29, 0.717) is 21.4 Å². The fourth-order valence-electron chi connectivity index (χ4n) is 2.84. The highest BCUT2D eigenvalue weighted by Crippen LogP contribution is 2.29. The first kappa shape index (κ1) is 16.3. The minimum absolute atomic E-state index is 0.224. The molecule has 0 saturated heterocycles. The van der Waals surface area contributed by atoms with Crippen molar-refractivity contribution in [1.29, 1.82) is 0 Å². The molecule has 2 N–H and O–H groups in total. The van der Waals surface area contributed by atoms with Gasteiger partial charge in [-0.1, -0.05) is 23.7 Å². The Balaban J connectivity index is 1.56. The molecule has 1 aromatic carbocycles. The Kier molecular flexibility index (Phi) is 4.29. The lowest BCUT2D eigenvalue weighted by molar-refractivity contribution is 0.102. The third-order valence-electron chi connectivity index (χ3n) is 4.16. The van der Waals surface area contributed by atoms with Crippen molar-refractivity contribution in [2.24, 2.45) is 0 Å². The molecule has 25 heavy (non-hydrogen) atoms. The number of amides is 1. The average Bonchev–Trinajstić information content (AvgIpc) is 3.21. The van der Waals surface area contributed by atoms with Crippen molar-refractivity contribution < 1.29 is 4.79 Å². The van der Waals surface area contributed by atoms with E-state index in [0.717, 1.165) is 30.8 Å². The topological polar surface area (TPSA) is 73.9 Å². The fraction of sp³-hybridized carbons (Fsp3) is 0.235. The molecule has 0 bridgehead atoms. The lowest BCUT2D eigenvalue weighted by Gasteiger charge is -2.20. The maximum atomic E-state index is 12.7. The van der Waals surface area contributed by atoms with Crippen LogP contribution >= 0.6 is 22.9 Å². The third-order valence-corrected chi connectivity index (χ3v) is 5.41. The predicted octanol–water partition coefficient (Wildman–Crippen LogP) is 3.43. The van der Waals surface area contributed by atoms with Crippen molar-refractivity contribution in [1.82, 2.24) is 20.1 Å². The molecule has 0 aliphatic carbocycles. The van der Waals surface area contributed by atoms with Crippen LogP contribution in [0.2, 0.25) is 5.02 Å². The summed E-state index contributed by atoms with van der Waals surface area (Å²) in [4.78, 5) is 20.7. The van der Waals surface area contributed by atoms with E-state index in [1.54, 1.807) is 12.1 Å². The van der Waals surface area contributed by atoms with Crippen molar-refractivity contribution >= 4 is 34.0 Å². The number of nitrogens with zero attached hydrogens (tertiary/aromatic N) is 3. The van der Waals surface area contributed by atoms with Crippen LogP contribution in [0.4, 0.5) is 5.13 Å². The number of nitrogens with one attached hydrogen (secondary N) is 2. The van der Waals surface area contributed by atoms with Crippen LogP contribution in [-0.2, 0) is 13.0 Å². The van der Waals surface area contributed by atoms with E-state index < -0.39 is 0 Å². The summed E-state index contributed by atoms with van der Waals surface area (Å²) in [6.07, 6.45) is 2.44. The molecular formula is C17H16ClN5OS. The number of rotatable bonds is 3. The van der Waals surface area contributed by atoms with Gasteiger partial charge in [-0.3, -0.25) is 15.2 Å². The van der Waals surface area contributed by atoms with Gasteiger partial charge < -0.3 is 4.90 Å². The zero-order chi connectivity index (χ0) is 17.4. The van der Waals surface area contributed by atoms with Crippen molar-refractivity contribution in [2.75, 3.05) is 18.9 Å². The average molecular weight is 374 g/mol. The molecule has 0 spiro atoms. The van der Waals surface area contributed by atoms with Crippen LogP contribution in [0.5, 0.6) is 0 Å². The maximum absolute atomic E-state index is 12.7. The van der Waals surface area contributed by atoms with Gasteiger partial charge in [0.1, 0.15) is 0 Å².